The summed E-state index contributed by atoms with van der Waals surface area (Å²) in [6, 6.07) is 4.89. The Morgan fingerprint density at radius 1 is 1.33 bits per heavy atom. The molecule has 0 radical (unpaired) electrons. The van der Waals surface area contributed by atoms with Crippen molar-refractivity contribution in [2.45, 2.75) is 63.9 Å². The second-order valence-corrected chi connectivity index (χ2v) is 6.89. The van der Waals surface area contributed by atoms with Crippen LogP contribution in [0.25, 0.3) is 0 Å². The first-order chi connectivity index (χ1) is 13.4. The quantitative estimate of drug-likeness (QED) is 0.567. The molecule has 0 unspecified atom stereocenters. The van der Waals surface area contributed by atoms with Crippen LogP contribution in [0.15, 0.2) is 24.3 Å². The van der Waals surface area contributed by atoms with E-state index in [0.717, 1.165) is 24.8 Å². The van der Waals surface area contributed by atoms with Crippen molar-refractivity contribution in [3.63, 3.8) is 0 Å². The third kappa shape index (κ3) is 5.98. The van der Waals surface area contributed by atoms with Gasteiger partial charge in [-0.25, -0.2) is 0 Å². The molecule has 0 bridgehead atoms. The molecule has 1 saturated heterocycles. The third-order valence-corrected chi connectivity index (χ3v) is 4.80. The van der Waals surface area contributed by atoms with Gasteiger partial charge in [0.1, 0.15) is 17.8 Å². The van der Waals surface area contributed by atoms with E-state index in [0.29, 0.717) is 32.7 Å². The van der Waals surface area contributed by atoms with Crippen LogP contribution >= 0.6 is 0 Å². The van der Waals surface area contributed by atoms with E-state index in [1.807, 2.05) is 0 Å². The number of carbonyl (C=O) groups is 3. The van der Waals surface area contributed by atoms with Gasteiger partial charge in [0, 0.05) is 20.8 Å². The minimum Gasteiger partial charge on any atom is -0.508 e. The Morgan fingerprint density at radius 2 is 2.07 bits per heavy atom. The Morgan fingerprint density at radius 3 is 2.74 bits per heavy atom. The molecule has 7 heteroatoms. The molecule has 0 saturated carbocycles. The SMILES string of the molecule is [2H]CCCCCC(=O)N1CCC[C@H]1C(=O)N[C@H](Cc1ccc(O)cc1)C(N)=O. The van der Waals surface area contributed by atoms with E-state index in [2.05, 4.69) is 5.32 Å². The van der Waals surface area contributed by atoms with Crippen LogP contribution in [0.1, 0.15) is 52.4 Å². The van der Waals surface area contributed by atoms with E-state index in [9.17, 15) is 19.5 Å². The summed E-state index contributed by atoms with van der Waals surface area (Å²) in [6.45, 7) is 0.896. The van der Waals surface area contributed by atoms with Gasteiger partial charge in [-0.3, -0.25) is 14.4 Å². The maximum absolute atomic E-state index is 12.7. The van der Waals surface area contributed by atoms with Crippen molar-refractivity contribution < 1.29 is 20.9 Å². The highest BCUT2D eigenvalue weighted by molar-refractivity contribution is 5.92. The number of aromatic hydroxyl groups is 1. The lowest BCUT2D eigenvalue weighted by molar-refractivity contribution is -0.139. The first-order valence-corrected chi connectivity index (χ1v) is 9.38. The second kappa shape index (κ2) is 9.94. The number of amides is 3. The van der Waals surface area contributed by atoms with Crippen molar-refractivity contribution in [2.24, 2.45) is 5.73 Å². The van der Waals surface area contributed by atoms with E-state index in [4.69, 9.17) is 7.10 Å². The Hall–Kier alpha value is -2.57. The van der Waals surface area contributed by atoms with Gasteiger partial charge in [-0.15, -0.1) is 0 Å². The molecule has 1 aliphatic heterocycles. The summed E-state index contributed by atoms with van der Waals surface area (Å²) >= 11 is 0. The summed E-state index contributed by atoms with van der Waals surface area (Å²) < 4.78 is 7.14. The van der Waals surface area contributed by atoms with E-state index in [1.54, 1.807) is 17.0 Å². The lowest BCUT2D eigenvalue weighted by Crippen LogP contribution is -2.53. The van der Waals surface area contributed by atoms with Crippen LogP contribution in [-0.2, 0) is 20.8 Å². The predicted molar refractivity (Wildman–Crippen MR) is 102 cm³/mol. The lowest BCUT2D eigenvalue weighted by atomic mass is 10.0. The summed E-state index contributed by atoms with van der Waals surface area (Å²) in [7, 11) is 0. The van der Waals surface area contributed by atoms with Crippen LogP contribution in [-0.4, -0.2) is 46.4 Å². The highest BCUT2D eigenvalue weighted by atomic mass is 16.3. The van der Waals surface area contributed by atoms with Crippen LogP contribution in [0.4, 0.5) is 0 Å². The van der Waals surface area contributed by atoms with E-state index < -0.39 is 18.0 Å². The highest BCUT2D eigenvalue weighted by Crippen LogP contribution is 2.20. The third-order valence-electron chi connectivity index (χ3n) is 4.80. The number of hydrogen-bond donors (Lipinski definition) is 3. The number of nitrogens with zero attached hydrogens (tertiary/aromatic N) is 1. The van der Waals surface area contributed by atoms with Crippen molar-refractivity contribution in [3.05, 3.63) is 29.8 Å². The predicted octanol–water partition coefficient (Wildman–Crippen LogP) is 1.48. The van der Waals surface area contributed by atoms with Gasteiger partial charge in [-0.1, -0.05) is 31.9 Å². The average molecular weight is 376 g/mol. The maximum Gasteiger partial charge on any atom is 0.243 e. The summed E-state index contributed by atoms with van der Waals surface area (Å²) in [5.41, 5.74) is 6.21. The first-order valence-electron chi connectivity index (χ1n) is 10.1. The second-order valence-electron chi connectivity index (χ2n) is 6.89. The van der Waals surface area contributed by atoms with Crippen molar-refractivity contribution >= 4 is 17.7 Å². The van der Waals surface area contributed by atoms with Gasteiger partial charge in [0.2, 0.25) is 17.7 Å². The molecule has 1 aromatic rings. The van der Waals surface area contributed by atoms with Gasteiger partial charge in [0.15, 0.2) is 0 Å². The standard InChI is InChI=1S/C20H29N3O4/c1-2-3-4-7-18(25)23-12-5-6-17(23)20(27)22-16(19(21)26)13-14-8-10-15(24)11-9-14/h8-11,16-17,24H,2-7,12-13H2,1H3,(H2,21,26)(H,22,27)/t16-,17+/m1/s1/i1D. The van der Waals surface area contributed by atoms with E-state index in [1.165, 1.54) is 12.1 Å². The maximum atomic E-state index is 12.7. The molecular weight excluding hydrogens is 346 g/mol. The zero-order valence-electron chi connectivity index (χ0n) is 16.5. The van der Waals surface area contributed by atoms with Gasteiger partial charge in [-0.05, 0) is 37.0 Å². The monoisotopic (exact) mass is 376 g/mol. The minimum absolute atomic E-state index is 0.0585. The zero-order chi connectivity index (χ0) is 20.5. The molecule has 3 amide bonds. The number of phenols is 1. The van der Waals surface area contributed by atoms with E-state index >= 15 is 0 Å². The fourth-order valence-electron chi connectivity index (χ4n) is 3.29. The zero-order valence-corrected chi connectivity index (χ0v) is 15.5. The van der Waals surface area contributed by atoms with Crippen molar-refractivity contribution in [3.8, 4) is 5.75 Å². The van der Waals surface area contributed by atoms with E-state index in [-0.39, 0.29) is 24.0 Å². The molecule has 2 atom stereocenters. The molecule has 1 aromatic carbocycles. The summed E-state index contributed by atoms with van der Waals surface area (Å²) in [5.74, 6) is -0.949. The first kappa shape index (κ1) is 19.2. The fourth-order valence-corrected chi connectivity index (χ4v) is 3.29. The van der Waals surface area contributed by atoms with Crippen molar-refractivity contribution in [1.29, 1.82) is 0 Å². The molecule has 0 aliphatic carbocycles. The molecule has 148 valence electrons. The van der Waals surface area contributed by atoms with Crippen LogP contribution in [0.3, 0.4) is 0 Å². The normalized spacial score (nSPS) is 18.0. The smallest absolute Gasteiger partial charge is 0.243 e. The number of rotatable bonds is 9. The molecule has 27 heavy (non-hydrogen) atoms. The Bertz CT molecular complexity index is 681. The van der Waals surface area contributed by atoms with Crippen molar-refractivity contribution in [1.82, 2.24) is 10.2 Å². The van der Waals surface area contributed by atoms with Crippen LogP contribution < -0.4 is 11.1 Å². The Balaban J connectivity index is 1.94. The Kier molecular flexibility index (Phi) is 7.07. The molecule has 0 aromatic heterocycles. The Labute approximate surface area is 161 Å². The van der Waals surface area contributed by atoms with Gasteiger partial charge < -0.3 is 21.1 Å². The van der Waals surface area contributed by atoms with Crippen LogP contribution in [0.5, 0.6) is 5.75 Å². The van der Waals surface area contributed by atoms with Gasteiger partial charge in [0.05, 0.1) is 0 Å². The number of carbonyl (C=O) groups excluding carboxylic acids is 3. The minimum atomic E-state index is -0.883. The highest BCUT2D eigenvalue weighted by Gasteiger charge is 2.35. The lowest BCUT2D eigenvalue weighted by Gasteiger charge is -2.26. The molecule has 1 aliphatic rings. The molecule has 1 heterocycles. The molecule has 7 nitrogen and oxygen atoms in total. The number of nitrogens with one attached hydrogen (secondary N) is 1. The summed E-state index contributed by atoms with van der Waals surface area (Å²) in [5, 5.41) is 12.0. The number of hydrogen-bond acceptors (Lipinski definition) is 4. The molecule has 1 fully saturated rings. The number of nitrogens with two attached hydrogens (primary N) is 1. The molecule has 0 spiro atoms. The number of likely N-dealkylation sites (tertiary alicyclic amines) is 1. The summed E-state index contributed by atoms with van der Waals surface area (Å²) in [4.78, 5) is 38.6. The largest absolute Gasteiger partial charge is 0.508 e. The van der Waals surface area contributed by atoms with Gasteiger partial charge >= 0.3 is 0 Å². The number of benzene rings is 1. The summed E-state index contributed by atoms with van der Waals surface area (Å²) in [6.07, 6.45) is 4.22. The average Bonchev–Trinajstić information content (AvgIpc) is 3.16. The van der Waals surface area contributed by atoms with Crippen LogP contribution in [0.2, 0.25) is 0 Å². The molecule has 4 N–H and O–H groups in total. The molecular formula is C20H29N3O4. The van der Waals surface area contributed by atoms with Crippen molar-refractivity contribution in [2.75, 3.05) is 6.54 Å². The van der Waals surface area contributed by atoms with Crippen LogP contribution in [0, 0.1) is 0 Å². The topological polar surface area (TPSA) is 113 Å². The number of primary amides is 1. The number of phenolic OH excluding ortho intramolecular Hbond substituents is 1. The van der Waals surface area contributed by atoms with Gasteiger partial charge in [0.25, 0.3) is 0 Å². The van der Waals surface area contributed by atoms with Gasteiger partial charge in [-0.2, -0.15) is 0 Å². The fraction of sp³-hybridized carbons (Fsp3) is 0.550. The number of unbranched alkanes of at least 4 members (excludes halogenated alkanes) is 2. The molecule has 2 rings (SSSR count).